The van der Waals surface area contributed by atoms with Gasteiger partial charge in [0.05, 0.1) is 25.6 Å². The fourth-order valence-corrected chi connectivity index (χ4v) is 10.5. The van der Waals surface area contributed by atoms with Crippen LogP contribution in [0.25, 0.3) is 0 Å². The second kappa shape index (κ2) is 44.0. The third-order valence-corrected chi connectivity index (χ3v) is 15.8. The van der Waals surface area contributed by atoms with Gasteiger partial charge in [-0.05, 0) is 93.8 Å². The maximum atomic E-state index is 15.0. The quantitative estimate of drug-likeness (QED) is 0.0297. The normalized spacial score (nSPS) is 23.9. The highest BCUT2D eigenvalue weighted by atomic mass is 16.5. The Bertz CT molecular complexity index is 2670. The van der Waals surface area contributed by atoms with E-state index in [2.05, 4.69) is 58.5 Å². The van der Waals surface area contributed by atoms with Gasteiger partial charge in [-0.3, -0.25) is 67.1 Å². The first kappa shape index (κ1) is 87.0. The molecule has 1 aliphatic heterocycles. The molecule has 12 amide bonds. The van der Waals surface area contributed by atoms with Crippen LogP contribution in [0, 0.1) is 35.5 Å². The van der Waals surface area contributed by atoms with Crippen molar-refractivity contribution in [1.82, 2.24) is 58.5 Å². The Balaban J connectivity index is 4.42. The molecule has 1 aliphatic rings. The van der Waals surface area contributed by atoms with E-state index in [1.54, 1.807) is 83.1 Å². The number of aliphatic carboxylic acids is 2. The number of unbranched alkanes of at least 4 members (excludes halogenated alkanes) is 2. The van der Waals surface area contributed by atoms with Crippen molar-refractivity contribution in [2.75, 3.05) is 6.61 Å². The molecule has 14 atom stereocenters. The molecule has 32 nitrogen and oxygen atoms in total. The van der Waals surface area contributed by atoms with Crippen molar-refractivity contribution in [2.45, 2.75) is 278 Å². The number of aliphatic hydroxyl groups is 2. The second-order valence-corrected chi connectivity index (χ2v) is 27.3. The molecule has 1 rings (SSSR count). The zero-order chi connectivity index (χ0) is 74.1. The van der Waals surface area contributed by atoms with Gasteiger partial charge in [0.25, 0.3) is 0 Å². The van der Waals surface area contributed by atoms with Crippen LogP contribution in [0.15, 0.2) is 0 Å². The Kier molecular flexibility index (Phi) is 39.5. The lowest BCUT2D eigenvalue weighted by molar-refractivity contribution is -0.156. The number of carboxylic acid groups (broad SMARTS) is 2. The number of hydrogen-bond donors (Lipinski definition) is 16. The number of rotatable bonds is 32. The summed E-state index contributed by atoms with van der Waals surface area (Å²) in [4.78, 5) is 209. The van der Waals surface area contributed by atoms with Gasteiger partial charge in [0, 0.05) is 12.8 Å². The fourth-order valence-electron chi connectivity index (χ4n) is 10.5. The second-order valence-electron chi connectivity index (χ2n) is 27.3. The number of hydrogen-bond acceptors (Lipinski definition) is 18. The highest BCUT2D eigenvalue weighted by molar-refractivity contribution is 6.00. The first-order valence-corrected chi connectivity index (χ1v) is 33.8. The molecule has 1 fully saturated rings. The topological polar surface area (TPSA) is 505 Å². The lowest BCUT2D eigenvalue weighted by Gasteiger charge is -2.31. The molecule has 1 heterocycles. The van der Waals surface area contributed by atoms with Crippen LogP contribution in [0.4, 0.5) is 0 Å². The van der Waals surface area contributed by atoms with E-state index in [1.807, 2.05) is 6.92 Å². The van der Waals surface area contributed by atoms with Crippen LogP contribution in [-0.2, 0) is 76.7 Å². The molecule has 97 heavy (non-hydrogen) atoms. The Hall–Kier alpha value is -8.03. The molecule has 0 radical (unpaired) electrons. The number of nitrogens with two attached hydrogens (primary N) is 1. The standard InChI is InChI=1S/C65H112N12O20/c1-15-17-18-19-39(79)29-50(81)67-42(24-32(3)4)56(87)73-47(30-52(84)85)61(92)77-54-38(14)97-65(96)41(21-23-51(82)83)69-63(94)53(37(13)16-2)76-60(91)46(28-36(11)12)70-55(86)40(20-22-49(66)80)68-57(88)43(25-33(5)6)72-62(93)48(31-78)75-59(90)44(26-34(7)8)71-58(89)45(27-35(9)10)74-64(54)95/h32-48,53-54,78-79H,15-31H2,1-14H3,(H2,66,80)(H,67,81)(H,68,88)(H,69,94)(H,70,86)(H,71,89)(H,72,93)(H,73,87)(H,74,95)(H,75,90)(H,76,91)(H,77,92)(H,82,83)(H,84,85)/t37-,38+,39-,40+,41-,42+,43-,44+,45+,46-,47+,48+,53-,54+/m0/s1. The van der Waals surface area contributed by atoms with Crippen LogP contribution in [0.2, 0.25) is 0 Å². The van der Waals surface area contributed by atoms with Gasteiger partial charge in [-0.2, -0.15) is 0 Å². The summed E-state index contributed by atoms with van der Waals surface area (Å²) in [7, 11) is 0. The van der Waals surface area contributed by atoms with Gasteiger partial charge in [0.2, 0.25) is 70.9 Å². The smallest absolute Gasteiger partial charge is 0.329 e. The highest BCUT2D eigenvalue weighted by Crippen LogP contribution is 2.18. The van der Waals surface area contributed by atoms with E-state index in [0.717, 1.165) is 19.8 Å². The SMILES string of the molecule is CCCCC[C@H](O)CC(=O)N[C@H](CC(C)C)C(=O)N[C@H](CC(=O)O)C(=O)N[C@H]1C(=O)N[C@H](CC(C)C)C(=O)N[C@H](CC(C)C)C(=O)N[C@H](CO)C(=O)N[C@@H](CC(C)C)C(=O)N[C@H](CCC(N)=O)C(=O)N[C@@H](CC(C)C)C(=O)N[C@@H]([C@@H](C)CC)C(=O)N[C@@H](CCC(=O)O)C(=O)O[C@@H]1C. The summed E-state index contributed by atoms with van der Waals surface area (Å²) in [6.45, 7) is 22.1. The van der Waals surface area contributed by atoms with Crippen LogP contribution >= 0.6 is 0 Å². The minimum Gasteiger partial charge on any atom is -0.481 e. The number of carboxylic acids is 2. The molecule has 0 aromatic rings. The molecule has 0 aromatic carbocycles. The van der Waals surface area contributed by atoms with Crippen LogP contribution in [0.5, 0.6) is 0 Å². The Morgan fingerprint density at radius 2 is 0.938 bits per heavy atom. The fraction of sp³-hybridized carbons (Fsp3) is 0.769. The molecule has 552 valence electrons. The molecule has 0 saturated carbocycles. The van der Waals surface area contributed by atoms with E-state index in [4.69, 9.17) is 10.5 Å². The van der Waals surface area contributed by atoms with Crippen LogP contribution < -0.4 is 64.2 Å². The number of ether oxygens (including phenoxy) is 1. The van der Waals surface area contributed by atoms with Gasteiger partial charge < -0.3 is 89.4 Å². The van der Waals surface area contributed by atoms with Crippen LogP contribution in [0.3, 0.4) is 0 Å². The Morgan fingerprint density at radius 3 is 1.37 bits per heavy atom. The predicted octanol–water partition coefficient (Wildman–Crippen LogP) is -0.530. The molecule has 32 heteroatoms. The van der Waals surface area contributed by atoms with Crippen molar-refractivity contribution in [3.63, 3.8) is 0 Å². The Labute approximate surface area is 568 Å². The summed E-state index contributed by atoms with van der Waals surface area (Å²) in [6.07, 6.45) is -4.70. The number of carbonyl (C=O) groups excluding carboxylic acids is 13. The first-order chi connectivity index (χ1) is 45.2. The molecule has 0 aromatic heterocycles. The van der Waals surface area contributed by atoms with Crippen molar-refractivity contribution >= 4 is 88.8 Å². The van der Waals surface area contributed by atoms with Crippen molar-refractivity contribution in [1.29, 1.82) is 0 Å². The number of esters is 1. The monoisotopic (exact) mass is 1380 g/mol. The lowest BCUT2D eigenvalue weighted by atomic mass is 9.96. The third kappa shape index (κ3) is 33.7. The van der Waals surface area contributed by atoms with Crippen molar-refractivity contribution in [2.24, 2.45) is 41.2 Å². The zero-order valence-electron chi connectivity index (χ0n) is 58.9. The van der Waals surface area contributed by atoms with E-state index in [-0.39, 0.29) is 68.6 Å². The van der Waals surface area contributed by atoms with E-state index in [9.17, 15) is 92.3 Å². The van der Waals surface area contributed by atoms with Crippen molar-refractivity contribution < 1.29 is 97.1 Å². The molecule has 0 unspecified atom stereocenters. The van der Waals surface area contributed by atoms with E-state index in [0.29, 0.717) is 12.8 Å². The Morgan fingerprint density at radius 1 is 0.505 bits per heavy atom. The minimum atomic E-state index is -2.18. The van der Waals surface area contributed by atoms with Crippen molar-refractivity contribution in [3.8, 4) is 0 Å². The molecule has 1 saturated heterocycles. The third-order valence-electron chi connectivity index (χ3n) is 15.8. The number of cyclic esters (lactones) is 1. The van der Waals surface area contributed by atoms with E-state index in [1.165, 1.54) is 0 Å². The molecular weight excluding hydrogens is 1270 g/mol. The summed E-state index contributed by atoms with van der Waals surface area (Å²) < 4.78 is 5.78. The maximum absolute atomic E-state index is 15.0. The van der Waals surface area contributed by atoms with Gasteiger partial charge in [0.1, 0.15) is 72.6 Å². The van der Waals surface area contributed by atoms with E-state index < -0.39 is 218 Å². The summed E-state index contributed by atoms with van der Waals surface area (Å²) in [5, 5.41) is 68.4. The van der Waals surface area contributed by atoms with Crippen LogP contribution in [-0.4, -0.2) is 194 Å². The van der Waals surface area contributed by atoms with E-state index >= 15 is 0 Å². The first-order valence-electron chi connectivity index (χ1n) is 33.8. The largest absolute Gasteiger partial charge is 0.481 e. The van der Waals surface area contributed by atoms with Gasteiger partial charge in [-0.1, -0.05) is 116 Å². The average molecular weight is 1380 g/mol. The van der Waals surface area contributed by atoms with Crippen LogP contribution in [0.1, 0.15) is 200 Å². The van der Waals surface area contributed by atoms with Crippen molar-refractivity contribution in [3.05, 3.63) is 0 Å². The summed E-state index contributed by atoms with van der Waals surface area (Å²) in [5.41, 5.74) is 5.48. The molecule has 0 spiro atoms. The number of nitrogens with one attached hydrogen (secondary N) is 11. The number of carbonyl (C=O) groups is 15. The number of amides is 12. The summed E-state index contributed by atoms with van der Waals surface area (Å²) in [5.74, 6) is -19.6. The minimum absolute atomic E-state index is 0.0413. The molecule has 0 bridgehead atoms. The van der Waals surface area contributed by atoms with Gasteiger partial charge in [-0.25, -0.2) is 4.79 Å². The molecule has 17 N–H and O–H groups in total. The summed E-state index contributed by atoms with van der Waals surface area (Å²) >= 11 is 0. The highest BCUT2D eigenvalue weighted by Gasteiger charge is 2.41. The van der Waals surface area contributed by atoms with Gasteiger partial charge in [-0.15, -0.1) is 0 Å². The lowest BCUT2D eigenvalue weighted by Crippen LogP contribution is -2.63. The average Bonchev–Trinajstić information content (AvgIpc) is 1.27. The van der Waals surface area contributed by atoms with Gasteiger partial charge in [0.15, 0.2) is 0 Å². The zero-order valence-corrected chi connectivity index (χ0v) is 58.9. The molecular formula is C65H112N12O20. The maximum Gasteiger partial charge on any atom is 0.329 e. The number of primary amides is 1. The van der Waals surface area contributed by atoms with Gasteiger partial charge >= 0.3 is 17.9 Å². The molecule has 0 aliphatic carbocycles. The number of aliphatic hydroxyl groups excluding tert-OH is 2. The summed E-state index contributed by atoms with van der Waals surface area (Å²) in [6, 6.07) is -18.6. The predicted molar refractivity (Wildman–Crippen MR) is 353 cm³/mol.